The molecule has 180 valence electrons. The summed E-state index contributed by atoms with van der Waals surface area (Å²) in [5.41, 5.74) is 2.73. The van der Waals surface area contributed by atoms with Gasteiger partial charge in [-0.25, -0.2) is 4.39 Å². The lowest BCUT2D eigenvalue weighted by Crippen LogP contribution is -2.44. The minimum Gasteiger partial charge on any atom is -0.377 e. The third kappa shape index (κ3) is 5.29. The maximum Gasteiger partial charge on any atom is 0.278 e. The molecule has 2 aromatic rings. The standard InChI is InChI=1S/C26H31FN4O3/c1-18(2)34-17-16-31-25(32)23(19-4-6-20(27)7-5-19)24(26(31)33)28-21-8-10-22(11-9-21)30-14-12-29(3)13-15-30/h4-11,18,28H,12-17H2,1-3H3. The predicted molar refractivity (Wildman–Crippen MR) is 131 cm³/mol. The van der Waals surface area contributed by atoms with Gasteiger partial charge in [-0.05, 0) is 62.9 Å². The molecule has 1 N–H and O–H groups in total. The molecule has 2 aliphatic heterocycles. The van der Waals surface area contributed by atoms with Gasteiger partial charge in [0.1, 0.15) is 11.5 Å². The van der Waals surface area contributed by atoms with Gasteiger partial charge in [-0.1, -0.05) is 12.1 Å². The van der Waals surface area contributed by atoms with Gasteiger partial charge >= 0.3 is 0 Å². The van der Waals surface area contributed by atoms with Crippen molar-refractivity contribution in [1.82, 2.24) is 9.80 Å². The van der Waals surface area contributed by atoms with Crippen LogP contribution in [-0.2, 0) is 14.3 Å². The number of nitrogens with zero attached hydrogens (tertiary/aromatic N) is 3. The van der Waals surface area contributed by atoms with E-state index in [0.717, 1.165) is 31.9 Å². The number of halogens is 1. The third-order valence-corrected chi connectivity index (χ3v) is 6.07. The molecule has 0 aliphatic carbocycles. The van der Waals surface area contributed by atoms with Crippen LogP contribution in [0.5, 0.6) is 0 Å². The van der Waals surface area contributed by atoms with Gasteiger partial charge in [0.05, 0.1) is 24.8 Å². The molecule has 1 saturated heterocycles. The fourth-order valence-electron chi connectivity index (χ4n) is 4.12. The van der Waals surface area contributed by atoms with Crippen LogP contribution in [0.2, 0.25) is 0 Å². The van der Waals surface area contributed by atoms with Crippen molar-refractivity contribution >= 4 is 28.8 Å². The zero-order valence-electron chi connectivity index (χ0n) is 19.9. The van der Waals surface area contributed by atoms with E-state index in [-0.39, 0.29) is 30.5 Å². The number of carbonyl (C=O) groups is 2. The molecule has 0 bridgehead atoms. The van der Waals surface area contributed by atoms with E-state index < -0.39 is 17.6 Å². The van der Waals surface area contributed by atoms with Gasteiger partial charge in [0, 0.05) is 37.6 Å². The highest BCUT2D eigenvalue weighted by atomic mass is 19.1. The molecule has 4 rings (SSSR count). The largest absolute Gasteiger partial charge is 0.377 e. The first-order chi connectivity index (χ1) is 16.3. The predicted octanol–water partition coefficient (Wildman–Crippen LogP) is 3.19. The summed E-state index contributed by atoms with van der Waals surface area (Å²) >= 11 is 0. The second kappa shape index (κ2) is 10.4. The van der Waals surface area contributed by atoms with Crippen LogP contribution in [-0.4, -0.2) is 74.1 Å². The summed E-state index contributed by atoms with van der Waals surface area (Å²) < 4.78 is 19.1. The summed E-state index contributed by atoms with van der Waals surface area (Å²) in [6.07, 6.45) is -0.00579. The van der Waals surface area contributed by atoms with Crippen molar-refractivity contribution in [3.8, 4) is 0 Å². The molecule has 2 amide bonds. The van der Waals surface area contributed by atoms with Crippen molar-refractivity contribution in [3.63, 3.8) is 0 Å². The van der Waals surface area contributed by atoms with Crippen LogP contribution in [0.4, 0.5) is 15.8 Å². The minimum absolute atomic E-state index is 0.00579. The number of ether oxygens (including phenoxy) is 1. The number of likely N-dealkylation sites (N-methyl/N-ethyl adjacent to an activating group) is 1. The van der Waals surface area contributed by atoms with Crippen molar-refractivity contribution in [2.45, 2.75) is 20.0 Å². The van der Waals surface area contributed by atoms with E-state index in [1.807, 2.05) is 38.1 Å². The van der Waals surface area contributed by atoms with Crippen molar-refractivity contribution < 1.29 is 18.7 Å². The van der Waals surface area contributed by atoms with Gasteiger partial charge in [0.2, 0.25) is 0 Å². The maximum absolute atomic E-state index is 13.5. The van der Waals surface area contributed by atoms with Gasteiger partial charge in [-0.2, -0.15) is 0 Å². The second-order valence-corrected chi connectivity index (χ2v) is 8.90. The lowest BCUT2D eigenvalue weighted by molar-refractivity contribution is -0.137. The first kappa shape index (κ1) is 23.9. The SMILES string of the molecule is CC(C)OCCN1C(=O)C(Nc2ccc(N3CCN(C)CC3)cc2)=C(c2ccc(F)cc2)C1=O. The van der Waals surface area contributed by atoms with E-state index in [1.165, 1.54) is 29.2 Å². The molecule has 7 nitrogen and oxygen atoms in total. The monoisotopic (exact) mass is 466 g/mol. The quantitative estimate of drug-likeness (QED) is 0.603. The Bertz CT molecular complexity index is 1060. The lowest BCUT2D eigenvalue weighted by atomic mass is 10.0. The van der Waals surface area contributed by atoms with Crippen LogP contribution in [0.15, 0.2) is 54.2 Å². The van der Waals surface area contributed by atoms with E-state index in [0.29, 0.717) is 11.3 Å². The molecule has 0 radical (unpaired) electrons. The third-order valence-electron chi connectivity index (χ3n) is 6.07. The number of anilines is 2. The number of piperazine rings is 1. The summed E-state index contributed by atoms with van der Waals surface area (Å²) in [6.45, 7) is 8.14. The average molecular weight is 467 g/mol. The summed E-state index contributed by atoms with van der Waals surface area (Å²) in [5, 5.41) is 3.16. The summed E-state index contributed by atoms with van der Waals surface area (Å²) in [4.78, 5) is 32.3. The Morgan fingerprint density at radius 3 is 2.21 bits per heavy atom. The normalized spacial score (nSPS) is 17.3. The summed E-state index contributed by atoms with van der Waals surface area (Å²) in [6, 6.07) is 13.4. The van der Waals surface area contributed by atoms with Crippen LogP contribution in [0.1, 0.15) is 19.4 Å². The van der Waals surface area contributed by atoms with Crippen molar-refractivity contribution in [2.24, 2.45) is 0 Å². The molecular formula is C26H31FN4O3. The van der Waals surface area contributed by atoms with Gasteiger partial charge in [0.15, 0.2) is 0 Å². The Kier molecular flexibility index (Phi) is 7.29. The molecule has 34 heavy (non-hydrogen) atoms. The van der Waals surface area contributed by atoms with E-state index in [2.05, 4.69) is 22.2 Å². The zero-order valence-corrected chi connectivity index (χ0v) is 19.9. The van der Waals surface area contributed by atoms with Gasteiger partial charge in [0.25, 0.3) is 11.8 Å². The number of rotatable bonds is 8. The minimum atomic E-state index is -0.417. The maximum atomic E-state index is 13.5. The Morgan fingerprint density at radius 2 is 1.59 bits per heavy atom. The molecule has 0 spiro atoms. The molecule has 0 atom stereocenters. The molecule has 0 unspecified atom stereocenters. The first-order valence-corrected chi connectivity index (χ1v) is 11.6. The smallest absolute Gasteiger partial charge is 0.278 e. The molecule has 2 heterocycles. The van der Waals surface area contributed by atoms with Crippen molar-refractivity contribution in [1.29, 1.82) is 0 Å². The number of carbonyl (C=O) groups excluding carboxylic acids is 2. The van der Waals surface area contributed by atoms with Gasteiger partial charge in [-0.3, -0.25) is 14.5 Å². The number of imide groups is 1. The van der Waals surface area contributed by atoms with E-state index in [1.54, 1.807) is 0 Å². The van der Waals surface area contributed by atoms with Crippen LogP contribution in [0.3, 0.4) is 0 Å². The van der Waals surface area contributed by atoms with Crippen LogP contribution < -0.4 is 10.2 Å². The van der Waals surface area contributed by atoms with E-state index in [9.17, 15) is 14.0 Å². The van der Waals surface area contributed by atoms with Crippen molar-refractivity contribution in [3.05, 3.63) is 65.6 Å². The van der Waals surface area contributed by atoms with Crippen LogP contribution in [0.25, 0.3) is 5.57 Å². The lowest BCUT2D eigenvalue weighted by Gasteiger charge is -2.34. The van der Waals surface area contributed by atoms with Crippen LogP contribution >= 0.6 is 0 Å². The molecule has 8 heteroatoms. The van der Waals surface area contributed by atoms with Gasteiger partial charge in [-0.15, -0.1) is 0 Å². The number of hydrogen-bond acceptors (Lipinski definition) is 6. The molecule has 2 aliphatic rings. The number of hydrogen-bond donors (Lipinski definition) is 1. The molecule has 1 fully saturated rings. The van der Waals surface area contributed by atoms with E-state index in [4.69, 9.17) is 4.74 Å². The fourth-order valence-corrected chi connectivity index (χ4v) is 4.12. The number of amides is 2. The zero-order chi connectivity index (χ0) is 24.2. The summed E-state index contributed by atoms with van der Waals surface area (Å²) in [7, 11) is 2.12. The van der Waals surface area contributed by atoms with Crippen molar-refractivity contribution in [2.75, 3.05) is 56.6 Å². The average Bonchev–Trinajstić information content (AvgIpc) is 3.05. The molecule has 0 aromatic heterocycles. The Labute approximate surface area is 199 Å². The van der Waals surface area contributed by atoms with Crippen LogP contribution in [0, 0.1) is 5.82 Å². The van der Waals surface area contributed by atoms with Gasteiger partial charge < -0.3 is 19.9 Å². The fraction of sp³-hybridized carbons (Fsp3) is 0.385. The van der Waals surface area contributed by atoms with E-state index >= 15 is 0 Å². The highest BCUT2D eigenvalue weighted by molar-refractivity contribution is 6.36. The summed E-state index contributed by atoms with van der Waals surface area (Å²) in [5.74, 6) is -1.24. The number of benzene rings is 2. The molecule has 2 aromatic carbocycles. The first-order valence-electron chi connectivity index (χ1n) is 11.6. The second-order valence-electron chi connectivity index (χ2n) is 8.90. The highest BCUT2D eigenvalue weighted by Crippen LogP contribution is 2.31. The highest BCUT2D eigenvalue weighted by Gasteiger charge is 2.39. The Morgan fingerprint density at radius 1 is 0.941 bits per heavy atom. The topological polar surface area (TPSA) is 65.1 Å². The molecule has 0 saturated carbocycles. The number of nitrogens with one attached hydrogen (secondary N) is 1. The Balaban J connectivity index is 1.57. The Hall–Kier alpha value is -3.23. The molecular weight excluding hydrogens is 435 g/mol.